The molecule has 0 spiro atoms. The highest BCUT2D eigenvalue weighted by Gasteiger charge is 2.24. The van der Waals surface area contributed by atoms with Crippen LogP contribution in [0.15, 0.2) is 18.2 Å². The minimum Gasteiger partial charge on any atom is -0.477 e. The molecule has 3 amide bonds. The number of halogens is 2. The number of hydrogen-bond acceptors (Lipinski definition) is 5. The molecule has 1 aromatic carbocycles. The zero-order valence-corrected chi connectivity index (χ0v) is 13.3. The van der Waals surface area contributed by atoms with E-state index in [9.17, 15) is 14.4 Å². The molecule has 0 aliphatic rings. The zero-order valence-electron chi connectivity index (χ0n) is 11.8. The summed E-state index contributed by atoms with van der Waals surface area (Å²) in [6.07, 6.45) is -2.23. The molecule has 120 valence electrons. The molecule has 0 aromatic heterocycles. The molecule has 3 N–H and O–H groups in total. The molecule has 0 aliphatic heterocycles. The van der Waals surface area contributed by atoms with Crippen LogP contribution in [0.2, 0.25) is 10.0 Å². The van der Waals surface area contributed by atoms with Crippen LogP contribution >= 0.6 is 23.2 Å². The number of urea groups is 1. The SMILES string of the molecule is C[C@H](OC(=O)[C@@H](C)Oc1ccc(Cl)cc1Cl)C(=O)NC(N)=O. The van der Waals surface area contributed by atoms with Crippen LogP contribution in [0, 0.1) is 0 Å². The zero-order chi connectivity index (χ0) is 16.9. The van der Waals surface area contributed by atoms with E-state index in [1.165, 1.54) is 26.0 Å². The van der Waals surface area contributed by atoms with Crippen LogP contribution in [-0.2, 0) is 14.3 Å². The van der Waals surface area contributed by atoms with Crippen LogP contribution in [0.1, 0.15) is 13.8 Å². The largest absolute Gasteiger partial charge is 0.477 e. The number of rotatable bonds is 5. The monoisotopic (exact) mass is 348 g/mol. The Balaban J connectivity index is 2.61. The summed E-state index contributed by atoms with van der Waals surface area (Å²) >= 11 is 11.7. The van der Waals surface area contributed by atoms with Gasteiger partial charge in [0.2, 0.25) is 0 Å². The quantitative estimate of drug-likeness (QED) is 0.790. The molecule has 0 unspecified atom stereocenters. The van der Waals surface area contributed by atoms with Gasteiger partial charge >= 0.3 is 12.0 Å². The summed E-state index contributed by atoms with van der Waals surface area (Å²) in [7, 11) is 0. The molecule has 1 rings (SSSR count). The number of imide groups is 1. The summed E-state index contributed by atoms with van der Waals surface area (Å²) in [6.45, 7) is 2.71. The standard InChI is InChI=1S/C13H14Cl2N2O5/c1-6(11(18)17-13(16)20)22-12(19)7(2)21-10-4-3-8(14)5-9(10)15/h3-7H,1-2H3,(H3,16,17,18,20)/t6-,7+/m0/s1. The molecule has 0 heterocycles. The summed E-state index contributed by atoms with van der Waals surface area (Å²) in [5.41, 5.74) is 4.79. The lowest BCUT2D eigenvalue weighted by molar-refractivity contribution is -0.160. The van der Waals surface area contributed by atoms with E-state index >= 15 is 0 Å². The maximum absolute atomic E-state index is 11.8. The lowest BCUT2D eigenvalue weighted by Gasteiger charge is -2.17. The van der Waals surface area contributed by atoms with Gasteiger partial charge in [0.25, 0.3) is 5.91 Å². The number of carbonyl (C=O) groups excluding carboxylic acids is 3. The van der Waals surface area contributed by atoms with Crippen molar-refractivity contribution in [2.24, 2.45) is 5.73 Å². The van der Waals surface area contributed by atoms with Crippen molar-refractivity contribution in [2.75, 3.05) is 0 Å². The third-order valence-electron chi connectivity index (χ3n) is 2.44. The number of benzene rings is 1. The van der Waals surface area contributed by atoms with Gasteiger partial charge in [-0.25, -0.2) is 9.59 Å². The van der Waals surface area contributed by atoms with Crippen LogP contribution in [0.4, 0.5) is 4.79 Å². The van der Waals surface area contributed by atoms with E-state index in [4.69, 9.17) is 38.4 Å². The third-order valence-corrected chi connectivity index (χ3v) is 2.97. The van der Waals surface area contributed by atoms with Gasteiger partial charge in [0.1, 0.15) is 5.75 Å². The maximum Gasteiger partial charge on any atom is 0.347 e. The number of primary amides is 1. The molecule has 0 fully saturated rings. The Kier molecular flexibility index (Phi) is 6.45. The molecule has 0 saturated carbocycles. The summed E-state index contributed by atoms with van der Waals surface area (Å²) < 4.78 is 10.2. The molecule has 0 aliphatic carbocycles. The van der Waals surface area contributed by atoms with E-state index < -0.39 is 30.1 Å². The first-order valence-electron chi connectivity index (χ1n) is 6.13. The number of ether oxygens (including phenoxy) is 2. The molecular formula is C13H14Cl2N2O5. The summed E-state index contributed by atoms with van der Waals surface area (Å²) in [5.74, 6) is -1.40. The predicted octanol–water partition coefficient (Wildman–Crippen LogP) is 1.89. The van der Waals surface area contributed by atoms with Gasteiger partial charge in [0.15, 0.2) is 12.2 Å². The predicted molar refractivity (Wildman–Crippen MR) is 79.8 cm³/mol. The van der Waals surface area contributed by atoms with Gasteiger partial charge in [0, 0.05) is 5.02 Å². The van der Waals surface area contributed by atoms with Crippen molar-refractivity contribution in [3.8, 4) is 5.75 Å². The second kappa shape index (κ2) is 7.86. The first kappa shape index (κ1) is 18.1. The second-order valence-electron chi connectivity index (χ2n) is 4.27. The van der Waals surface area contributed by atoms with E-state index in [0.717, 1.165) is 0 Å². The van der Waals surface area contributed by atoms with Gasteiger partial charge in [-0.3, -0.25) is 10.1 Å². The topological polar surface area (TPSA) is 108 Å². The summed E-state index contributed by atoms with van der Waals surface area (Å²) in [6, 6.07) is 3.46. The van der Waals surface area contributed by atoms with Crippen molar-refractivity contribution in [3.05, 3.63) is 28.2 Å². The first-order chi connectivity index (χ1) is 10.2. The van der Waals surface area contributed by atoms with Crippen LogP contribution in [0.25, 0.3) is 0 Å². The Hall–Kier alpha value is -1.99. The fourth-order valence-corrected chi connectivity index (χ4v) is 1.81. The van der Waals surface area contributed by atoms with Gasteiger partial charge in [-0.15, -0.1) is 0 Å². The molecule has 1 aromatic rings. The summed E-state index contributed by atoms with van der Waals surface area (Å²) in [4.78, 5) is 33.7. The Bertz CT molecular complexity index is 594. The highest BCUT2D eigenvalue weighted by molar-refractivity contribution is 6.35. The lowest BCUT2D eigenvalue weighted by Crippen LogP contribution is -2.43. The normalized spacial score (nSPS) is 12.9. The maximum atomic E-state index is 11.8. The van der Waals surface area contributed by atoms with E-state index in [2.05, 4.69) is 0 Å². The Morgan fingerprint density at radius 3 is 2.36 bits per heavy atom. The van der Waals surface area contributed by atoms with E-state index in [1.807, 2.05) is 0 Å². The first-order valence-corrected chi connectivity index (χ1v) is 6.88. The van der Waals surface area contributed by atoms with Crippen LogP contribution in [0.5, 0.6) is 5.75 Å². The molecule has 22 heavy (non-hydrogen) atoms. The highest BCUT2D eigenvalue weighted by atomic mass is 35.5. The Morgan fingerprint density at radius 2 is 1.82 bits per heavy atom. The summed E-state index contributed by atoms with van der Waals surface area (Å²) in [5, 5.41) is 2.45. The van der Waals surface area contributed by atoms with Gasteiger partial charge < -0.3 is 15.2 Å². The minimum absolute atomic E-state index is 0.228. The molecule has 9 heteroatoms. The van der Waals surface area contributed by atoms with E-state index in [1.54, 1.807) is 11.4 Å². The smallest absolute Gasteiger partial charge is 0.347 e. The number of carbonyl (C=O) groups is 3. The van der Waals surface area contributed by atoms with Crippen molar-refractivity contribution >= 4 is 41.1 Å². The van der Waals surface area contributed by atoms with E-state index in [0.29, 0.717) is 5.02 Å². The van der Waals surface area contributed by atoms with E-state index in [-0.39, 0.29) is 10.8 Å². The third kappa shape index (κ3) is 5.42. The van der Waals surface area contributed by atoms with Gasteiger partial charge in [-0.1, -0.05) is 23.2 Å². The second-order valence-corrected chi connectivity index (χ2v) is 5.11. The van der Waals surface area contributed by atoms with Crippen molar-refractivity contribution in [2.45, 2.75) is 26.1 Å². The average Bonchev–Trinajstić information content (AvgIpc) is 2.40. The average molecular weight is 349 g/mol. The van der Waals surface area contributed by atoms with Crippen molar-refractivity contribution in [1.29, 1.82) is 0 Å². The van der Waals surface area contributed by atoms with Crippen molar-refractivity contribution < 1.29 is 23.9 Å². The molecule has 7 nitrogen and oxygen atoms in total. The Labute approximate surface area is 136 Å². The number of nitrogens with two attached hydrogens (primary N) is 1. The minimum atomic E-state index is -1.20. The molecule has 0 bridgehead atoms. The molecule has 0 radical (unpaired) electrons. The molecule has 2 atom stereocenters. The number of hydrogen-bond donors (Lipinski definition) is 2. The highest BCUT2D eigenvalue weighted by Crippen LogP contribution is 2.28. The van der Waals surface area contributed by atoms with Gasteiger partial charge in [0.05, 0.1) is 5.02 Å². The fourth-order valence-electron chi connectivity index (χ4n) is 1.36. The van der Waals surface area contributed by atoms with Gasteiger partial charge in [-0.2, -0.15) is 0 Å². The molecular weight excluding hydrogens is 335 g/mol. The Morgan fingerprint density at radius 1 is 1.18 bits per heavy atom. The fraction of sp³-hybridized carbons (Fsp3) is 0.308. The van der Waals surface area contributed by atoms with Crippen molar-refractivity contribution in [1.82, 2.24) is 5.32 Å². The van der Waals surface area contributed by atoms with Crippen LogP contribution in [0.3, 0.4) is 0 Å². The number of nitrogens with one attached hydrogen (secondary N) is 1. The van der Waals surface area contributed by atoms with Crippen LogP contribution < -0.4 is 15.8 Å². The molecule has 0 saturated heterocycles. The number of amides is 3. The number of esters is 1. The lowest BCUT2D eigenvalue weighted by atomic mass is 10.3. The van der Waals surface area contributed by atoms with Crippen LogP contribution in [-0.4, -0.2) is 30.1 Å². The van der Waals surface area contributed by atoms with Gasteiger partial charge in [-0.05, 0) is 32.0 Å². The van der Waals surface area contributed by atoms with Crippen molar-refractivity contribution in [3.63, 3.8) is 0 Å².